The summed E-state index contributed by atoms with van der Waals surface area (Å²) in [6, 6.07) is 13.3. The van der Waals surface area contributed by atoms with E-state index in [-0.39, 0.29) is 36.3 Å². The summed E-state index contributed by atoms with van der Waals surface area (Å²) >= 11 is 0. The van der Waals surface area contributed by atoms with Gasteiger partial charge in [0.2, 0.25) is 5.91 Å². The average Bonchev–Trinajstić information content (AvgIpc) is 3.74. The number of hydrogen-bond acceptors (Lipinski definition) is 8. The van der Waals surface area contributed by atoms with Crippen LogP contribution < -0.4 is 5.32 Å². The van der Waals surface area contributed by atoms with E-state index < -0.39 is 5.41 Å². The summed E-state index contributed by atoms with van der Waals surface area (Å²) < 4.78 is 0. The van der Waals surface area contributed by atoms with Gasteiger partial charge in [-0.1, -0.05) is 19.1 Å². The van der Waals surface area contributed by atoms with Gasteiger partial charge in [-0.2, -0.15) is 5.26 Å². The van der Waals surface area contributed by atoms with Crippen molar-refractivity contribution in [1.29, 1.82) is 5.26 Å². The van der Waals surface area contributed by atoms with Gasteiger partial charge in [0.1, 0.15) is 6.04 Å². The monoisotopic (exact) mass is 611 g/mol. The van der Waals surface area contributed by atoms with Gasteiger partial charge in [-0.25, -0.2) is 5.10 Å². The molecular weight excluding hydrogens is 570 g/mol. The van der Waals surface area contributed by atoms with Crippen molar-refractivity contribution in [3.8, 4) is 6.07 Å². The normalized spacial score (nSPS) is 17.4. The lowest BCUT2D eigenvalue weighted by atomic mass is 9.67. The van der Waals surface area contributed by atoms with Gasteiger partial charge < -0.3 is 20.0 Å². The Morgan fingerprint density at radius 3 is 2.13 bits per heavy atom. The largest absolute Gasteiger partial charge is 0.345 e. The number of rotatable bonds is 9. The van der Waals surface area contributed by atoms with Crippen LogP contribution in [0.3, 0.4) is 0 Å². The summed E-state index contributed by atoms with van der Waals surface area (Å²) in [5.74, 6) is 0.276. The summed E-state index contributed by atoms with van der Waals surface area (Å²) in [5.41, 5.74) is 4.22. The Morgan fingerprint density at radius 1 is 1.04 bits per heavy atom. The van der Waals surface area contributed by atoms with E-state index in [1.165, 1.54) is 0 Å². The Balaban J connectivity index is 1.63. The van der Waals surface area contributed by atoms with Crippen LogP contribution in [-0.2, 0) is 23.1 Å². The van der Waals surface area contributed by atoms with Crippen molar-refractivity contribution < 1.29 is 14.4 Å². The maximum atomic E-state index is 13.2. The summed E-state index contributed by atoms with van der Waals surface area (Å²) in [7, 11) is 6.93. The van der Waals surface area contributed by atoms with E-state index in [4.69, 9.17) is 0 Å². The Morgan fingerprint density at radius 2 is 1.64 bits per heavy atom. The number of aromatic nitrogens is 4. The number of nitriles is 1. The third-order valence-corrected chi connectivity index (χ3v) is 9.16. The van der Waals surface area contributed by atoms with Crippen molar-refractivity contribution in [2.75, 3.05) is 41.3 Å². The second kappa shape index (κ2) is 13.2. The fourth-order valence-corrected chi connectivity index (χ4v) is 6.81. The van der Waals surface area contributed by atoms with Crippen molar-refractivity contribution in [2.24, 2.45) is 0 Å². The van der Waals surface area contributed by atoms with Gasteiger partial charge in [-0.15, -0.1) is 5.10 Å². The molecule has 2 aromatic carbocycles. The molecular formula is C33H41N9O3. The van der Waals surface area contributed by atoms with Gasteiger partial charge >= 0.3 is 0 Å². The highest BCUT2D eigenvalue weighted by molar-refractivity contribution is 5.95. The van der Waals surface area contributed by atoms with Crippen LogP contribution in [0.4, 0.5) is 0 Å². The molecule has 236 valence electrons. The van der Waals surface area contributed by atoms with E-state index in [1.807, 2.05) is 36.4 Å². The highest BCUT2D eigenvalue weighted by Crippen LogP contribution is 2.47. The van der Waals surface area contributed by atoms with Crippen LogP contribution in [0.5, 0.6) is 0 Å². The van der Waals surface area contributed by atoms with Crippen molar-refractivity contribution in [3.05, 3.63) is 75.6 Å². The highest BCUT2D eigenvalue weighted by atomic mass is 16.2. The number of hydrogen-bond donors (Lipinski definition) is 2. The summed E-state index contributed by atoms with van der Waals surface area (Å²) in [5, 5.41) is 28.5. The molecule has 0 unspecified atom stereocenters. The molecule has 2 heterocycles. The maximum Gasteiger partial charge on any atom is 0.253 e. The minimum Gasteiger partial charge on any atom is -0.345 e. The standard InChI is InChI=1S/C33H41N9O3/c1-6-25(35-20-29(43)42-15-7-8-26(42)19-34)18-33(32-36-38-39-37-32)27-13-11-23(30(44)40(2)3)16-21(27)9-10-22-17-24(12-14-28(22)33)31(45)41(4)5/h11-14,16-17,25-26,35H,6-10,15,18,20H2,1-5H3,(H,36,37,38,39)/t25-,26-/m0/s1. The van der Waals surface area contributed by atoms with Crippen molar-refractivity contribution >= 4 is 17.7 Å². The molecule has 45 heavy (non-hydrogen) atoms. The quantitative estimate of drug-likeness (QED) is 0.374. The number of carbonyl (C=O) groups is 3. The predicted molar refractivity (Wildman–Crippen MR) is 167 cm³/mol. The minimum absolute atomic E-state index is 0.0884. The molecule has 0 radical (unpaired) electrons. The Bertz CT molecular complexity index is 1540. The molecule has 0 bridgehead atoms. The number of nitrogens with one attached hydrogen (secondary N) is 2. The molecule has 12 nitrogen and oxygen atoms in total. The van der Waals surface area contributed by atoms with Gasteiger partial charge in [0, 0.05) is 51.9 Å². The first-order valence-corrected chi connectivity index (χ1v) is 15.5. The van der Waals surface area contributed by atoms with Crippen molar-refractivity contribution in [2.45, 2.75) is 62.9 Å². The number of aryl methyl sites for hydroxylation is 2. The van der Waals surface area contributed by atoms with Crippen LogP contribution >= 0.6 is 0 Å². The molecule has 2 atom stereocenters. The van der Waals surface area contributed by atoms with E-state index in [9.17, 15) is 19.6 Å². The first-order valence-electron chi connectivity index (χ1n) is 15.5. The lowest BCUT2D eigenvalue weighted by Gasteiger charge is -2.37. The number of tetrazole rings is 1. The van der Waals surface area contributed by atoms with Crippen molar-refractivity contribution in [3.63, 3.8) is 0 Å². The fourth-order valence-electron chi connectivity index (χ4n) is 6.81. The molecule has 0 spiro atoms. The van der Waals surface area contributed by atoms with E-state index in [1.54, 1.807) is 42.9 Å². The zero-order valence-electron chi connectivity index (χ0n) is 26.6. The molecule has 5 rings (SSSR count). The minimum atomic E-state index is -0.885. The van der Waals surface area contributed by atoms with E-state index in [0.29, 0.717) is 55.6 Å². The molecule has 3 amide bonds. The van der Waals surface area contributed by atoms with Gasteiger partial charge in [-0.3, -0.25) is 14.4 Å². The number of H-pyrrole nitrogens is 1. The topological polar surface area (TPSA) is 151 Å². The second-order valence-corrected chi connectivity index (χ2v) is 12.4. The summed E-state index contributed by atoms with van der Waals surface area (Å²) in [6.07, 6.45) is 4.02. The first kappa shape index (κ1) is 31.8. The molecule has 1 aromatic heterocycles. The van der Waals surface area contributed by atoms with Gasteiger partial charge in [-0.05, 0) is 95.5 Å². The second-order valence-electron chi connectivity index (χ2n) is 12.4. The molecule has 1 aliphatic carbocycles. The maximum absolute atomic E-state index is 13.2. The van der Waals surface area contributed by atoms with Gasteiger partial charge in [0.25, 0.3) is 11.8 Å². The molecule has 0 saturated carbocycles. The van der Waals surface area contributed by atoms with Crippen LogP contribution in [-0.4, -0.2) is 106 Å². The van der Waals surface area contributed by atoms with Gasteiger partial charge in [0.05, 0.1) is 18.0 Å². The van der Waals surface area contributed by atoms with Crippen LogP contribution in [0.1, 0.15) is 81.4 Å². The SMILES string of the molecule is CC[C@@H](CC1(c2nnn[nH]2)c2ccc(C(=O)N(C)C)cc2CCc2cc(C(=O)N(C)C)ccc21)NCC(=O)N1CCC[C@H]1C#N. The molecule has 2 N–H and O–H groups in total. The van der Waals surface area contributed by atoms with Crippen LogP contribution in [0.25, 0.3) is 0 Å². The lowest BCUT2D eigenvalue weighted by molar-refractivity contribution is -0.130. The number of likely N-dealkylation sites (tertiary alicyclic amines) is 1. The first-order chi connectivity index (χ1) is 21.6. The molecule has 3 aromatic rings. The van der Waals surface area contributed by atoms with E-state index >= 15 is 0 Å². The predicted octanol–water partition coefficient (Wildman–Crippen LogP) is 2.31. The number of carbonyl (C=O) groups excluding carboxylic acids is 3. The summed E-state index contributed by atoms with van der Waals surface area (Å²) in [6.45, 7) is 2.76. The van der Waals surface area contributed by atoms with Crippen molar-refractivity contribution in [1.82, 2.24) is 40.6 Å². The van der Waals surface area contributed by atoms with E-state index in [0.717, 1.165) is 28.7 Å². The molecule has 1 fully saturated rings. The molecule has 1 saturated heterocycles. The number of amides is 3. The van der Waals surface area contributed by atoms with Crippen LogP contribution in [0, 0.1) is 11.3 Å². The lowest BCUT2D eigenvalue weighted by Crippen LogP contribution is -2.46. The Kier molecular flexibility index (Phi) is 9.29. The molecule has 12 heteroatoms. The Hall–Kier alpha value is -4.63. The van der Waals surface area contributed by atoms with Crippen LogP contribution in [0.15, 0.2) is 36.4 Å². The zero-order valence-corrected chi connectivity index (χ0v) is 26.6. The van der Waals surface area contributed by atoms with Crippen LogP contribution in [0.2, 0.25) is 0 Å². The number of benzene rings is 2. The molecule has 1 aliphatic heterocycles. The number of aromatic amines is 1. The average molecular weight is 612 g/mol. The third-order valence-electron chi connectivity index (χ3n) is 9.16. The fraction of sp³-hybridized carbons (Fsp3) is 0.485. The smallest absolute Gasteiger partial charge is 0.253 e. The Labute approximate surface area is 263 Å². The third kappa shape index (κ3) is 6.04. The number of nitrogens with zero attached hydrogens (tertiary/aromatic N) is 7. The molecule has 2 aliphatic rings. The van der Waals surface area contributed by atoms with Gasteiger partial charge in [0.15, 0.2) is 5.82 Å². The highest BCUT2D eigenvalue weighted by Gasteiger charge is 2.46. The zero-order chi connectivity index (χ0) is 32.3. The van der Waals surface area contributed by atoms with E-state index in [2.05, 4.69) is 38.9 Å². The number of fused-ring (bicyclic) bond motifs is 2. The summed E-state index contributed by atoms with van der Waals surface area (Å²) in [4.78, 5) is 44.0.